The molecule has 1 aromatic heterocycles. The maximum absolute atomic E-state index is 4.26. The zero-order valence-corrected chi connectivity index (χ0v) is 8.59. The van der Waals surface area contributed by atoms with Gasteiger partial charge in [0.1, 0.15) is 0 Å². The van der Waals surface area contributed by atoms with Crippen LogP contribution in [0.15, 0.2) is 30.5 Å². The highest BCUT2D eigenvalue weighted by Gasteiger charge is 2.02. The number of hydrogen-bond donors (Lipinski definition) is 1. The number of aromatic nitrogens is 1. The average Bonchev–Trinajstić information content (AvgIpc) is 2.50. The van der Waals surface area contributed by atoms with Crippen LogP contribution in [0.4, 0.5) is 0 Å². The van der Waals surface area contributed by atoms with Gasteiger partial charge in [-0.3, -0.25) is 0 Å². The maximum atomic E-state index is 4.26. The number of hydrogen-bond acceptors (Lipinski definition) is 1. The Morgan fingerprint density at radius 2 is 2.15 bits per heavy atom. The smallest absolute Gasteiger partial charge is 0.0510 e. The van der Waals surface area contributed by atoms with Crippen molar-refractivity contribution in [3.8, 4) is 0 Å². The second-order valence-electron chi connectivity index (χ2n) is 3.26. The van der Waals surface area contributed by atoms with Crippen LogP contribution in [0.3, 0.4) is 0 Å². The third-order valence-corrected chi connectivity index (χ3v) is 2.59. The number of fused-ring (bicyclic) bond motifs is 1. The predicted molar refractivity (Wildman–Crippen MR) is 60.5 cm³/mol. The van der Waals surface area contributed by atoms with E-state index in [2.05, 4.69) is 54.7 Å². The summed E-state index contributed by atoms with van der Waals surface area (Å²) >= 11 is 4.26. The van der Waals surface area contributed by atoms with Crippen molar-refractivity contribution in [1.82, 2.24) is 4.57 Å². The van der Waals surface area contributed by atoms with Crippen molar-refractivity contribution in [1.29, 1.82) is 0 Å². The molecule has 1 aromatic carbocycles. The van der Waals surface area contributed by atoms with Crippen molar-refractivity contribution in [3.05, 3.63) is 36.0 Å². The lowest BCUT2D eigenvalue weighted by molar-refractivity contribution is 0.956. The van der Waals surface area contributed by atoms with Gasteiger partial charge in [0.15, 0.2) is 0 Å². The summed E-state index contributed by atoms with van der Waals surface area (Å²) in [6.07, 6.45) is 3.14. The number of rotatable bonds is 2. The van der Waals surface area contributed by atoms with Crippen molar-refractivity contribution < 1.29 is 0 Å². The molecule has 0 saturated heterocycles. The molecule has 0 bridgehead atoms. The Hall–Kier alpha value is -0.890. The summed E-state index contributed by atoms with van der Waals surface area (Å²) in [5, 5.41) is 1.32. The van der Waals surface area contributed by atoms with E-state index in [9.17, 15) is 0 Å². The van der Waals surface area contributed by atoms with Gasteiger partial charge in [0.2, 0.25) is 0 Å². The largest absolute Gasteiger partial charge is 0.350 e. The highest BCUT2D eigenvalue weighted by atomic mass is 32.1. The molecule has 0 radical (unpaired) electrons. The van der Waals surface area contributed by atoms with Crippen molar-refractivity contribution >= 4 is 23.5 Å². The Balaban J connectivity index is 2.65. The Bertz CT molecular complexity index is 417. The van der Waals surface area contributed by atoms with E-state index in [-0.39, 0.29) is 0 Å². The summed E-state index contributed by atoms with van der Waals surface area (Å²) in [5.41, 5.74) is 2.73. The lowest BCUT2D eigenvalue weighted by Crippen LogP contribution is -1.92. The van der Waals surface area contributed by atoms with Crippen molar-refractivity contribution in [2.45, 2.75) is 6.42 Å². The van der Waals surface area contributed by atoms with E-state index in [1.807, 2.05) is 0 Å². The molecule has 2 aromatic rings. The summed E-state index contributed by atoms with van der Waals surface area (Å²) in [6.45, 7) is 0. The molecule has 0 N–H and O–H groups in total. The Labute approximate surface area is 83.8 Å². The minimum atomic E-state index is 0.907. The first kappa shape index (κ1) is 8.70. The number of para-hydroxylation sites is 1. The molecule has 68 valence electrons. The number of nitrogens with zero attached hydrogens (tertiary/aromatic N) is 1. The predicted octanol–water partition coefficient (Wildman–Crippen LogP) is 2.65. The van der Waals surface area contributed by atoms with E-state index in [1.54, 1.807) is 0 Å². The molecule has 0 atom stereocenters. The van der Waals surface area contributed by atoms with Gasteiger partial charge < -0.3 is 4.57 Å². The topological polar surface area (TPSA) is 4.93 Å². The molecule has 0 aliphatic rings. The van der Waals surface area contributed by atoms with Crippen LogP contribution in [0.2, 0.25) is 0 Å². The van der Waals surface area contributed by atoms with Crippen LogP contribution in [0.25, 0.3) is 10.9 Å². The van der Waals surface area contributed by atoms with Gasteiger partial charge in [-0.25, -0.2) is 0 Å². The third-order valence-electron chi connectivity index (χ3n) is 2.36. The summed E-state index contributed by atoms with van der Waals surface area (Å²) in [5.74, 6) is 0.907. The van der Waals surface area contributed by atoms with Gasteiger partial charge in [-0.05, 0) is 29.2 Å². The second kappa shape index (κ2) is 3.46. The van der Waals surface area contributed by atoms with Gasteiger partial charge in [-0.2, -0.15) is 12.6 Å². The number of aryl methyl sites for hydroxylation is 2. The lowest BCUT2D eigenvalue weighted by atomic mass is 10.1. The molecule has 2 heteroatoms. The fraction of sp³-hybridized carbons (Fsp3) is 0.273. The van der Waals surface area contributed by atoms with Crippen molar-refractivity contribution in [2.75, 3.05) is 5.75 Å². The number of benzene rings is 1. The fourth-order valence-electron chi connectivity index (χ4n) is 1.76. The average molecular weight is 191 g/mol. The molecule has 0 fully saturated rings. The zero-order valence-electron chi connectivity index (χ0n) is 7.70. The van der Waals surface area contributed by atoms with Crippen LogP contribution >= 0.6 is 12.6 Å². The molecule has 0 amide bonds. The Morgan fingerprint density at radius 3 is 2.92 bits per heavy atom. The minimum Gasteiger partial charge on any atom is -0.350 e. The van der Waals surface area contributed by atoms with Crippen LogP contribution in [0, 0.1) is 0 Å². The van der Waals surface area contributed by atoms with Crippen LogP contribution in [0.1, 0.15) is 5.56 Å². The maximum Gasteiger partial charge on any atom is 0.0510 e. The monoisotopic (exact) mass is 191 g/mol. The highest BCUT2D eigenvalue weighted by molar-refractivity contribution is 7.80. The van der Waals surface area contributed by atoms with Crippen LogP contribution in [-0.4, -0.2) is 10.3 Å². The van der Waals surface area contributed by atoms with Crippen LogP contribution in [0.5, 0.6) is 0 Å². The van der Waals surface area contributed by atoms with E-state index in [4.69, 9.17) is 0 Å². The molecule has 1 nitrogen and oxygen atoms in total. The van der Waals surface area contributed by atoms with E-state index >= 15 is 0 Å². The molecule has 0 saturated carbocycles. The molecule has 0 aliphatic carbocycles. The first-order valence-electron chi connectivity index (χ1n) is 4.46. The Morgan fingerprint density at radius 1 is 1.31 bits per heavy atom. The standard InChI is InChI=1S/C11H13NS/c1-12-7-5-9-3-2-4-10(6-8-13)11(9)12/h2-5,7,13H,6,8H2,1H3. The summed E-state index contributed by atoms with van der Waals surface area (Å²) in [6, 6.07) is 8.59. The third kappa shape index (κ3) is 1.46. The first-order valence-corrected chi connectivity index (χ1v) is 5.10. The van der Waals surface area contributed by atoms with E-state index in [0.717, 1.165) is 12.2 Å². The Kier molecular flexibility index (Phi) is 2.32. The minimum absolute atomic E-state index is 0.907. The number of thiol groups is 1. The van der Waals surface area contributed by atoms with Crippen molar-refractivity contribution in [3.63, 3.8) is 0 Å². The van der Waals surface area contributed by atoms with Gasteiger partial charge in [-0.1, -0.05) is 18.2 Å². The summed E-state index contributed by atoms with van der Waals surface area (Å²) < 4.78 is 2.17. The molecule has 2 rings (SSSR count). The quantitative estimate of drug-likeness (QED) is 0.696. The SMILES string of the molecule is Cn1ccc2cccc(CCS)c21. The highest BCUT2D eigenvalue weighted by Crippen LogP contribution is 2.19. The molecule has 13 heavy (non-hydrogen) atoms. The van der Waals surface area contributed by atoms with Gasteiger partial charge in [0.05, 0.1) is 5.52 Å². The normalized spacial score (nSPS) is 10.9. The summed E-state index contributed by atoms with van der Waals surface area (Å²) in [7, 11) is 2.09. The molecule has 0 spiro atoms. The van der Waals surface area contributed by atoms with Crippen molar-refractivity contribution in [2.24, 2.45) is 7.05 Å². The van der Waals surface area contributed by atoms with Gasteiger partial charge in [0, 0.05) is 13.2 Å². The van der Waals surface area contributed by atoms with E-state index in [1.165, 1.54) is 16.5 Å². The molecular weight excluding hydrogens is 178 g/mol. The van der Waals surface area contributed by atoms with E-state index in [0.29, 0.717) is 0 Å². The fourth-order valence-corrected chi connectivity index (χ4v) is 2.01. The van der Waals surface area contributed by atoms with Crippen LogP contribution < -0.4 is 0 Å². The van der Waals surface area contributed by atoms with Gasteiger partial charge >= 0.3 is 0 Å². The van der Waals surface area contributed by atoms with Crippen LogP contribution in [-0.2, 0) is 13.5 Å². The summed E-state index contributed by atoms with van der Waals surface area (Å²) in [4.78, 5) is 0. The van der Waals surface area contributed by atoms with Gasteiger partial charge in [0.25, 0.3) is 0 Å². The lowest BCUT2D eigenvalue weighted by Gasteiger charge is -2.03. The second-order valence-corrected chi connectivity index (χ2v) is 3.70. The van der Waals surface area contributed by atoms with E-state index < -0.39 is 0 Å². The molecule has 0 unspecified atom stereocenters. The first-order chi connectivity index (χ1) is 6.33. The van der Waals surface area contributed by atoms with Gasteiger partial charge in [-0.15, -0.1) is 0 Å². The molecule has 1 heterocycles. The zero-order chi connectivity index (χ0) is 9.26. The molecular formula is C11H13NS. The molecule has 0 aliphatic heterocycles.